The summed E-state index contributed by atoms with van der Waals surface area (Å²) < 4.78 is 5.92. The Bertz CT molecular complexity index is 636. The molecule has 3 rings (SSSR count). The lowest BCUT2D eigenvalue weighted by Gasteiger charge is -2.36. The topological polar surface area (TPSA) is 43.4 Å². The van der Waals surface area contributed by atoms with Crippen LogP contribution >= 0.6 is 0 Å². The van der Waals surface area contributed by atoms with Crippen LogP contribution in [0.1, 0.15) is 63.7 Å². The molecule has 0 unspecified atom stereocenters. The summed E-state index contributed by atoms with van der Waals surface area (Å²) >= 11 is 0. The fourth-order valence-electron chi connectivity index (χ4n) is 4.75. The van der Waals surface area contributed by atoms with Crippen molar-refractivity contribution in [2.24, 2.45) is 35.5 Å². The molecule has 3 nitrogen and oxygen atoms in total. The maximum absolute atomic E-state index is 12.6. The molecule has 2 aliphatic rings. The molecule has 6 atom stereocenters. The Morgan fingerprint density at radius 2 is 1.81 bits per heavy atom. The molecule has 26 heavy (non-hydrogen) atoms. The van der Waals surface area contributed by atoms with Crippen LogP contribution in [0.2, 0.25) is 0 Å². The summed E-state index contributed by atoms with van der Waals surface area (Å²) in [6.45, 7) is 8.76. The minimum atomic E-state index is -0.116. The fourth-order valence-corrected chi connectivity index (χ4v) is 4.75. The van der Waals surface area contributed by atoms with E-state index in [2.05, 4.69) is 27.7 Å². The quantitative estimate of drug-likeness (QED) is 0.523. The van der Waals surface area contributed by atoms with Crippen LogP contribution in [0.3, 0.4) is 0 Å². The Labute approximate surface area is 157 Å². The Morgan fingerprint density at radius 3 is 2.46 bits per heavy atom. The minimum Gasteiger partial charge on any atom is -0.462 e. The van der Waals surface area contributed by atoms with E-state index < -0.39 is 0 Å². The van der Waals surface area contributed by atoms with Gasteiger partial charge < -0.3 is 4.74 Å². The smallest absolute Gasteiger partial charge is 0.306 e. The highest BCUT2D eigenvalue weighted by molar-refractivity contribution is 6.00. The summed E-state index contributed by atoms with van der Waals surface area (Å²) in [4.78, 5) is 25.2. The first-order valence-electron chi connectivity index (χ1n) is 10.2. The van der Waals surface area contributed by atoms with Gasteiger partial charge in [-0.15, -0.1) is 0 Å². The molecule has 0 spiro atoms. The summed E-state index contributed by atoms with van der Waals surface area (Å²) in [5.41, 5.74) is 0.751. The zero-order chi connectivity index (χ0) is 18.8. The molecule has 2 aliphatic carbocycles. The minimum absolute atomic E-state index is 0.0314. The number of carbonyl (C=O) groups is 2. The number of hydrogen-bond donors (Lipinski definition) is 0. The second-order valence-electron chi connectivity index (χ2n) is 8.84. The van der Waals surface area contributed by atoms with Gasteiger partial charge in [-0.05, 0) is 42.4 Å². The van der Waals surface area contributed by atoms with Crippen LogP contribution in [-0.4, -0.2) is 17.9 Å². The van der Waals surface area contributed by atoms with Gasteiger partial charge in [0.1, 0.15) is 6.10 Å². The molecule has 2 fully saturated rings. The van der Waals surface area contributed by atoms with Crippen molar-refractivity contribution in [1.29, 1.82) is 0 Å². The molecule has 2 saturated carbocycles. The van der Waals surface area contributed by atoms with Crippen LogP contribution in [0.4, 0.5) is 0 Å². The van der Waals surface area contributed by atoms with Gasteiger partial charge in [0.2, 0.25) is 0 Å². The Hall–Kier alpha value is -1.64. The van der Waals surface area contributed by atoms with Gasteiger partial charge in [0.15, 0.2) is 5.78 Å². The fraction of sp³-hybridized carbons (Fsp3) is 0.652. The van der Waals surface area contributed by atoms with Crippen molar-refractivity contribution in [3.63, 3.8) is 0 Å². The van der Waals surface area contributed by atoms with Gasteiger partial charge in [-0.25, -0.2) is 0 Å². The molecule has 1 aromatic carbocycles. The largest absolute Gasteiger partial charge is 0.462 e. The molecule has 0 aromatic heterocycles. The number of Topliss-reactive ketones (excluding diaryl/α,β-unsaturated/α-hetero) is 1. The van der Waals surface area contributed by atoms with E-state index in [1.165, 1.54) is 6.42 Å². The number of hydrogen-bond acceptors (Lipinski definition) is 3. The summed E-state index contributed by atoms with van der Waals surface area (Å²) in [5.74, 6) is 2.04. The van der Waals surface area contributed by atoms with Gasteiger partial charge in [0.25, 0.3) is 0 Å². The highest BCUT2D eigenvalue weighted by atomic mass is 16.5. The Balaban J connectivity index is 1.56. The average molecular weight is 357 g/mol. The van der Waals surface area contributed by atoms with E-state index in [0.29, 0.717) is 24.2 Å². The van der Waals surface area contributed by atoms with Crippen molar-refractivity contribution < 1.29 is 14.3 Å². The molecular formula is C23H32O3. The van der Waals surface area contributed by atoms with Gasteiger partial charge in [0, 0.05) is 17.9 Å². The molecule has 0 heterocycles. The lowest BCUT2D eigenvalue weighted by molar-refractivity contribution is -0.156. The van der Waals surface area contributed by atoms with Gasteiger partial charge in [-0.1, -0.05) is 64.4 Å². The van der Waals surface area contributed by atoms with Crippen LogP contribution in [-0.2, 0) is 9.53 Å². The predicted octanol–water partition coefficient (Wildman–Crippen LogP) is 5.15. The number of benzene rings is 1. The molecule has 0 saturated heterocycles. The van der Waals surface area contributed by atoms with E-state index in [4.69, 9.17) is 4.74 Å². The molecule has 1 aromatic rings. The second kappa shape index (κ2) is 7.94. The standard InChI is InChI=1S/C23H32O3/c1-14(2)18-11-10-15(3)12-20(18)26-21(24)13-19-16(4)22(19)23(25)17-8-6-5-7-9-17/h5-9,14-16,18-20,22H,10-13H2,1-4H3/t15-,16-,18+,19+,20-,22+/m1/s1. The summed E-state index contributed by atoms with van der Waals surface area (Å²) in [6.07, 6.45) is 3.76. The number of rotatable bonds is 6. The highest BCUT2D eigenvalue weighted by Gasteiger charge is 2.52. The lowest BCUT2D eigenvalue weighted by atomic mass is 9.75. The number of ketones is 1. The van der Waals surface area contributed by atoms with E-state index in [0.717, 1.165) is 18.4 Å². The molecule has 0 N–H and O–H groups in total. The van der Waals surface area contributed by atoms with E-state index in [9.17, 15) is 9.59 Å². The first-order chi connectivity index (χ1) is 12.4. The second-order valence-corrected chi connectivity index (χ2v) is 8.84. The number of carbonyl (C=O) groups excluding carboxylic acids is 2. The Kier molecular flexibility index (Phi) is 5.84. The van der Waals surface area contributed by atoms with E-state index in [1.54, 1.807) is 0 Å². The third-order valence-electron chi connectivity index (χ3n) is 6.57. The van der Waals surface area contributed by atoms with Crippen molar-refractivity contribution in [2.75, 3.05) is 0 Å². The van der Waals surface area contributed by atoms with E-state index in [1.807, 2.05) is 30.3 Å². The molecule has 3 heteroatoms. The third kappa shape index (κ3) is 4.19. The van der Waals surface area contributed by atoms with Crippen molar-refractivity contribution >= 4 is 11.8 Å². The van der Waals surface area contributed by atoms with Crippen molar-refractivity contribution in [1.82, 2.24) is 0 Å². The van der Waals surface area contributed by atoms with Crippen LogP contribution in [0.15, 0.2) is 30.3 Å². The molecule has 0 bridgehead atoms. The molecular weight excluding hydrogens is 324 g/mol. The summed E-state index contributed by atoms with van der Waals surface area (Å²) in [5, 5.41) is 0. The maximum Gasteiger partial charge on any atom is 0.306 e. The average Bonchev–Trinajstić information content (AvgIpc) is 3.23. The summed E-state index contributed by atoms with van der Waals surface area (Å²) in [6, 6.07) is 9.41. The molecule has 0 amide bonds. The summed E-state index contributed by atoms with van der Waals surface area (Å²) in [7, 11) is 0. The van der Waals surface area contributed by atoms with Crippen LogP contribution < -0.4 is 0 Å². The van der Waals surface area contributed by atoms with Gasteiger partial charge in [-0.2, -0.15) is 0 Å². The first-order valence-corrected chi connectivity index (χ1v) is 10.2. The van der Waals surface area contributed by atoms with E-state index in [-0.39, 0.29) is 35.6 Å². The van der Waals surface area contributed by atoms with Gasteiger partial charge >= 0.3 is 5.97 Å². The number of esters is 1. The number of ether oxygens (including phenoxy) is 1. The van der Waals surface area contributed by atoms with Crippen molar-refractivity contribution in [3.05, 3.63) is 35.9 Å². The molecule has 0 aliphatic heterocycles. The SMILES string of the molecule is CC(C)[C@@H]1CC[C@@H](C)C[C@H]1OC(=O)C[C@H]1[C@@H](C)[C@@H]1C(=O)c1ccccc1. The van der Waals surface area contributed by atoms with Gasteiger partial charge in [-0.3, -0.25) is 9.59 Å². The molecule has 142 valence electrons. The zero-order valence-corrected chi connectivity index (χ0v) is 16.5. The Morgan fingerprint density at radius 1 is 1.12 bits per heavy atom. The van der Waals surface area contributed by atoms with Crippen molar-refractivity contribution in [3.8, 4) is 0 Å². The van der Waals surface area contributed by atoms with Crippen molar-refractivity contribution in [2.45, 2.75) is 59.5 Å². The lowest BCUT2D eigenvalue weighted by Crippen LogP contribution is -2.36. The van der Waals surface area contributed by atoms with E-state index >= 15 is 0 Å². The van der Waals surface area contributed by atoms with Crippen LogP contribution in [0.5, 0.6) is 0 Å². The highest BCUT2D eigenvalue weighted by Crippen LogP contribution is 2.50. The first kappa shape index (κ1) is 19.1. The zero-order valence-electron chi connectivity index (χ0n) is 16.5. The maximum atomic E-state index is 12.6. The monoisotopic (exact) mass is 356 g/mol. The van der Waals surface area contributed by atoms with Crippen LogP contribution in [0, 0.1) is 35.5 Å². The van der Waals surface area contributed by atoms with Crippen LogP contribution in [0.25, 0.3) is 0 Å². The third-order valence-corrected chi connectivity index (χ3v) is 6.57. The normalized spacial score (nSPS) is 33.7. The molecule has 0 radical (unpaired) electrons. The predicted molar refractivity (Wildman–Crippen MR) is 103 cm³/mol. The van der Waals surface area contributed by atoms with Gasteiger partial charge in [0.05, 0.1) is 0 Å².